The van der Waals surface area contributed by atoms with Gasteiger partial charge >= 0.3 is 0 Å². The zero-order valence-corrected chi connectivity index (χ0v) is 14.3. The normalized spacial score (nSPS) is 23.5. The molecular weight excluding hydrogens is 298 g/mol. The summed E-state index contributed by atoms with van der Waals surface area (Å²) in [5.41, 5.74) is 0.602. The van der Waals surface area contributed by atoms with Crippen LogP contribution < -0.4 is 0 Å². The minimum Gasteiger partial charge on any atom is -0.363 e. The van der Waals surface area contributed by atoms with E-state index in [9.17, 15) is 4.79 Å². The van der Waals surface area contributed by atoms with E-state index >= 15 is 0 Å². The lowest BCUT2D eigenvalue weighted by Gasteiger charge is -2.38. The van der Waals surface area contributed by atoms with Gasteiger partial charge in [-0.05, 0) is 38.5 Å². The molecule has 1 fully saturated rings. The zero-order valence-electron chi connectivity index (χ0n) is 13.5. The summed E-state index contributed by atoms with van der Waals surface area (Å²) in [4.78, 5) is 15.0. The minimum atomic E-state index is -0.419. The number of hydrogen-bond donors (Lipinski definition) is 0. The summed E-state index contributed by atoms with van der Waals surface area (Å²) in [6.07, 6.45) is 1.44. The Morgan fingerprint density at radius 1 is 1.41 bits per heavy atom. The molecule has 0 saturated carbocycles. The van der Waals surface area contributed by atoms with E-state index in [0.717, 1.165) is 12.1 Å². The second-order valence-corrected chi connectivity index (χ2v) is 7.17. The summed E-state index contributed by atoms with van der Waals surface area (Å²) >= 11 is 6.08. The highest BCUT2D eigenvalue weighted by Gasteiger charge is 2.38. The van der Waals surface area contributed by atoms with Crippen molar-refractivity contribution in [2.75, 3.05) is 19.6 Å². The van der Waals surface area contributed by atoms with Crippen LogP contribution in [0.25, 0.3) is 0 Å². The zero-order chi connectivity index (χ0) is 16.3. The number of carbonyl (C=O) groups excluding carboxylic acids is 1. The van der Waals surface area contributed by atoms with Gasteiger partial charge in [-0.3, -0.25) is 9.69 Å². The molecule has 1 aromatic rings. The highest BCUT2D eigenvalue weighted by molar-refractivity contribution is 6.30. The quantitative estimate of drug-likeness (QED) is 0.792. The number of Topliss-reactive ketones (excluding diaryl/α,β-unsaturated/α-hetero) is 1. The number of halogens is 1. The number of rotatable bonds is 4. The number of ether oxygens (including phenoxy) is 1. The topological polar surface area (TPSA) is 29.5 Å². The van der Waals surface area contributed by atoms with E-state index in [1.165, 1.54) is 0 Å². The second-order valence-electron chi connectivity index (χ2n) is 6.74. The lowest BCUT2D eigenvalue weighted by molar-refractivity contribution is -0.149. The van der Waals surface area contributed by atoms with E-state index < -0.39 is 6.10 Å². The smallest absolute Gasteiger partial charge is 0.171 e. The molecular formula is C18H24ClNO2. The summed E-state index contributed by atoms with van der Waals surface area (Å²) in [7, 11) is 0. The maximum atomic E-state index is 12.8. The van der Waals surface area contributed by atoms with Crippen molar-refractivity contribution in [3.8, 4) is 0 Å². The highest BCUT2D eigenvalue weighted by atomic mass is 35.5. The van der Waals surface area contributed by atoms with E-state index in [-0.39, 0.29) is 17.3 Å². The van der Waals surface area contributed by atoms with Gasteiger partial charge in [-0.2, -0.15) is 0 Å². The number of ketones is 1. The molecule has 1 aromatic carbocycles. The molecule has 120 valence electrons. The van der Waals surface area contributed by atoms with Gasteiger partial charge in [0, 0.05) is 24.7 Å². The van der Waals surface area contributed by atoms with E-state index in [4.69, 9.17) is 16.3 Å². The molecule has 1 aliphatic heterocycles. The number of hydrogen-bond acceptors (Lipinski definition) is 3. The third-order valence-electron chi connectivity index (χ3n) is 3.66. The number of benzene rings is 1. The van der Waals surface area contributed by atoms with Crippen molar-refractivity contribution >= 4 is 17.4 Å². The number of likely N-dealkylation sites (tertiary alicyclic amines) is 1. The van der Waals surface area contributed by atoms with E-state index in [1.54, 1.807) is 0 Å². The molecule has 0 N–H and O–H groups in total. The Labute approximate surface area is 137 Å². The van der Waals surface area contributed by atoms with Crippen LogP contribution in [0, 0.1) is 0 Å². The Balaban J connectivity index is 2.27. The van der Waals surface area contributed by atoms with Gasteiger partial charge in [0.1, 0.15) is 6.10 Å². The average Bonchev–Trinajstić information content (AvgIpc) is 2.41. The first-order chi connectivity index (χ1) is 10.3. The molecule has 2 unspecified atom stereocenters. The third-order valence-corrected chi connectivity index (χ3v) is 3.89. The van der Waals surface area contributed by atoms with Crippen LogP contribution in [0.5, 0.6) is 0 Å². The van der Waals surface area contributed by atoms with E-state index in [1.807, 2.05) is 51.1 Å². The van der Waals surface area contributed by atoms with Gasteiger partial charge in [-0.1, -0.05) is 29.8 Å². The van der Waals surface area contributed by atoms with Gasteiger partial charge < -0.3 is 4.74 Å². The van der Waals surface area contributed by atoms with Crippen molar-refractivity contribution in [3.63, 3.8) is 0 Å². The van der Waals surface area contributed by atoms with Gasteiger partial charge in [0.25, 0.3) is 0 Å². The molecule has 0 spiro atoms. The van der Waals surface area contributed by atoms with Gasteiger partial charge in [-0.25, -0.2) is 0 Å². The van der Waals surface area contributed by atoms with Crippen molar-refractivity contribution in [1.82, 2.24) is 4.90 Å². The van der Waals surface area contributed by atoms with Crippen LogP contribution in [0.1, 0.15) is 32.3 Å². The Morgan fingerprint density at radius 2 is 2.14 bits per heavy atom. The van der Waals surface area contributed by atoms with Gasteiger partial charge in [0.05, 0.1) is 11.5 Å². The SMILES string of the molecule is C=CCN1CC(OC(C)(C)C)C(=O)C(c2cccc(Cl)c2)C1. The number of carbonyl (C=O) groups is 1. The van der Waals surface area contributed by atoms with Crippen LogP contribution in [0.15, 0.2) is 36.9 Å². The summed E-state index contributed by atoms with van der Waals surface area (Å²) in [5.74, 6) is -0.0720. The molecule has 2 rings (SSSR count). The van der Waals surface area contributed by atoms with Crippen LogP contribution >= 0.6 is 11.6 Å². The molecule has 22 heavy (non-hydrogen) atoms. The average molecular weight is 322 g/mol. The molecule has 0 amide bonds. The van der Waals surface area contributed by atoms with Crippen LogP contribution in [-0.2, 0) is 9.53 Å². The Hall–Kier alpha value is -1.16. The van der Waals surface area contributed by atoms with Crippen LogP contribution in [0.3, 0.4) is 0 Å². The number of piperidine rings is 1. The van der Waals surface area contributed by atoms with Crippen molar-refractivity contribution in [3.05, 3.63) is 47.5 Å². The fourth-order valence-electron chi connectivity index (χ4n) is 2.82. The highest BCUT2D eigenvalue weighted by Crippen LogP contribution is 2.29. The summed E-state index contributed by atoms with van der Waals surface area (Å²) in [6, 6.07) is 7.54. The molecule has 1 heterocycles. The summed E-state index contributed by atoms with van der Waals surface area (Å²) in [5, 5.41) is 0.652. The standard InChI is InChI=1S/C18H24ClNO2/c1-5-9-20-11-15(13-7-6-8-14(19)10-13)17(21)16(12-20)22-18(2,3)4/h5-8,10,15-16H,1,9,11-12H2,2-4H3. The maximum Gasteiger partial charge on any atom is 0.171 e. The Bertz CT molecular complexity index is 550. The van der Waals surface area contributed by atoms with Gasteiger partial charge in [-0.15, -0.1) is 6.58 Å². The van der Waals surface area contributed by atoms with E-state index in [2.05, 4.69) is 11.5 Å². The molecule has 1 saturated heterocycles. The maximum absolute atomic E-state index is 12.8. The predicted molar refractivity (Wildman–Crippen MR) is 90.5 cm³/mol. The Morgan fingerprint density at radius 3 is 2.73 bits per heavy atom. The van der Waals surface area contributed by atoms with Crippen molar-refractivity contribution in [1.29, 1.82) is 0 Å². The fraction of sp³-hybridized carbons (Fsp3) is 0.500. The molecule has 4 heteroatoms. The van der Waals surface area contributed by atoms with E-state index in [0.29, 0.717) is 18.1 Å². The minimum absolute atomic E-state index is 0.137. The molecule has 1 aliphatic rings. The first-order valence-corrected chi connectivity index (χ1v) is 7.98. The molecule has 0 bridgehead atoms. The lowest BCUT2D eigenvalue weighted by Crippen LogP contribution is -2.51. The van der Waals surface area contributed by atoms with Crippen molar-refractivity contribution < 1.29 is 9.53 Å². The molecule has 0 radical (unpaired) electrons. The molecule has 0 aromatic heterocycles. The fourth-order valence-corrected chi connectivity index (χ4v) is 3.02. The molecule has 2 atom stereocenters. The molecule has 3 nitrogen and oxygen atoms in total. The van der Waals surface area contributed by atoms with Crippen LogP contribution in [-0.4, -0.2) is 42.0 Å². The number of nitrogens with zero attached hydrogens (tertiary/aromatic N) is 1. The Kier molecular flexibility index (Phi) is 5.43. The molecule has 0 aliphatic carbocycles. The second kappa shape index (κ2) is 6.95. The monoisotopic (exact) mass is 321 g/mol. The first-order valence-electron chi connectivity index (χ1n) is 7.60. The van der Waals surface area contributed by atoms with Crippen LogP contribution in [0.2, 0.25) is 5.02 Å². The predicted octanol–water partition coefficient (Wildman–Crippen LogP) is 3.68. The van der Waals surface area contributed by atoms with Crippen LogP contribution in [0.4, 0.5) is 0 Å². The van der Waals surface area contributed by atoms with Gasteiger partial charge in [0.2, 0.25) is 0 Å². The summed E-state index contributed by atoms with van der Waals surface area (Å²) < 4.78 is 5.99. The van der Waals surface area contributed by atoms with Gasteiger partial charge in [0.15, 0.2) is 5.78 Å². The van der Waals surface area contributed by atoms with Crippen molar-refractivity contribution in [2.45, 2.75) is 38.4 Å². The third kappa shape index (κ3) is 4.42. The van der Waals surface area contributed by atoms with Crippen molar-refractivity contribution in [2.24, 2.45) is 0 Å². The summed E-state index contributed by atoms with van der Waals surface area (Å²) in [6.45, 7) is 11.7. The largest absolute Gasteiger partial charge is 0.363 e. The first kappa shape index (κ1) is 17.2. The lowest BCUT2D eigenvalue weighted by atomic mass is 9.87.